The SMILES string of the molecule is COc1cc(C)c(S(=O)(=O)NC(c2ccccc2)c2nnc(C)o2)c(C)c1. The summed E-state index contributed by atoms with van der Waals surface area (Å²) in [7, 11) is -2.32. The Morgan fingerprint density at radius 2 is 1.67 bits per heavy atom. The van der Waals surface area contributed by atoms with Gasteiger partial charge in [0.05, 0.1) is 12.0 Å². The number of aryl methyl sites for hydroxylation is 3. The van der Waals surface area contributed by atoms with Crippen molar-refractivity contribution in [1.82, 2.24) is 14.9 Å². The van der Waals surface area contributed by atoms with Crippen LogP contribution in [0.15, 0.2) is 51.8 Å². The molecule has 0 saturated heterocycles. The Hall–Kier alpha value is -2.71. The van der Waals surface area contributed by atoms with E-state index in [-0.39, 0.29) is 10.8 Å². The van der Waals surface area contributed by atoms with E-state index in [1.54, 1.807) is 52.1 Å². The predicted octanol–water partition coefficient (Wildman–Crippen LogP) is 3.07. The van der Waals surface area contributed by atoms with Crippen LogP contribution < -0.4 is 9.46 Å². The van der Waals surface area contributed by atoms with Crippen molar-refractivity contribution < 1.29 is 17.6 Å². The summed E-state index contributed by atoms with van der Waals surface area (Å²) in [5, 5.41) is 7.83. The molecule has 1 N–H and O–H groups in total. The summed E-state index contributed by atoms with van der Waals surface area (Å²) in [5.41, 5.74) is 1.88. The number of hydrogen-bond donors (Lipinski definition) is 1. The van der Waals surface area contributed by atoms with E-state index in [1.807, 2.05) is 18.2 Å². The molecule has 3 rings (SSSR count). The highest BCUT2D eigenvalue weighted by Crippen LogP contribution is 2.29. The van der Waals surface area contributed by atoms with Gasteiger partial charge in [-0.2, -0.15) is 4.72 Å². The molecule has 142 valence electrons. The molecular formula is C19H21N3O4S. The Balaban J connectivity index is 2.06. The molecule has 3 aromatic rings. The molecule has 1 unspecified atom stereocenters. The lowest BCUT2D eigenvalue weighted by molar-refractivity contribution is 0.413. The third-order valence-corrected chi connectivity index (χ3v) is 5.86. The monoisotopic (exact) mass is 387 g/mol. The number of aromatic nitrogens is 2. The van der Waals surface area contributed by atoms with Crippen molar-refractivity contribution in [2.24, 2.45) is 0 Å². The zero-order valence-electron chi connectivity index (χ0n) is 15.6. The number of hydrogen-bond acceptors (Lipinski definition) is 6. The Bertz CT molecular complexity index is 1020. The van der Waals surface area contributed by atoms with Crippen LogP contribution in [0.5, 0.6) is 5.75 Å². The second-order valence-electron chi connectivity index (χ2n) is 6.21. The first-order chi connectivity index (χ1) is 12.8. The van der Waals surface area contributed by atoms with Crippen molar-refractivity contribution in [3.63, 3.8) is 0 Å². The molecule has 1 atom stereocenters. The molecule has 0 aliphatic heterocycles. The van der Waals surface area contributed by atoms with E-state index in [9.17, 15) is 8.42 Å². The molecule has 2 aromatic carbocycles. The van der Waals surface area contributed by atoms with Crippen LogP contribution >= 0.6 is 0 Å². The quantitative estimate of drug-likeness (QED) is 0.698. The van der Waals surface area contributed by atoms with Crippen molar-refractivity contribution in [1.29, 1.82) is 0 Å². The van der Waals surface area contributed by atoms with Crippen LogP contribution in [0.1, 0.15) is 34.5 Å². The van der Waals surface area contributed by atoms with Crippen molar-refractivity contribution in [3.8, 4) is 5.75 Å². The first-order valence-corrected chi connectivity index (χ1v) is 9.82. The summed E-state index contributed by atoms with van der Waals surface area (Å²) in [6.07, 6.45) is 0. The summed E-state index contributed by atoms with van der Waals surface area (Å²) in [6, 6.07) is 11.7. The van der Waals surface area contributed by atoms with E-state index in [0.717, 1.165) is 0 Å². The molecule has 1 aromatic heterocycles. The summed E-state index contributed by atoms with van der Waals surface area (Å²) in [4.78, 5) is 0.209. The van der Waals surface area contributed by atoms with Crippen molar-refractivity contribution in [3.05, 3.63) is 70.9 Å². The minimum absolute atomic E-state index is 0.186. The number of benzene rings is 2. The van der Waals surface area contributed by atoms with Crippen LogP contribution in [0.4, 0.5) is 0 Å². The zero-order valence-corrected chi connectivity index (χ0v) is 16.4. The normalized spacial score (nSPS) is 12.7. The van der Waals surface area contributed by atoms with Crippen molar-refractivity contribution in [2.45, 2.75) is 31.7 Å². The fourth-order valence-corrected chi connectivity index (χ4v) is 4.63. The Morgan fingerprint density at radius 1 is 1.04 bits per heavy atom. The lowest BCUT2D eigenvalue weighted by atomic mass is 10.1. The first kappa shape index (κ1) is 19.1. The number of ether oxygens (including phenoxy) is 1. The van der Waals surface area contributed by atoms with E-state index in [1.165, 1.54) is 0 Å². The number of rotatable bonds is 6. The summed E-state index contributed by atoms with van der Waals surface area (Å²) in [5.74, 6) is 1.16. The summed E-state index contributed by atoms with van der Waals surface area (Å²) in [6.45, 7) is 5.13. The second kappa shape index (κ2) is 7.50. The van der Waals surface area contributed by atoms with E-state index < -0.39 is 16.1 Å². The Kier molecular flexibility index (Phi) is 5.29. The van der Waals surface area contributed by atoms with Gasteiger partial charge >= 0.3 is 0 Å². The van der Waals surface area contributed by atoms with Gasteiger partial charge in [-0.25, -0.2) is 8.42 Å². The maximum absolute atomic E-state index is 13.2. The topological polar surface area (TPSA) is 94.3 Å². The third-order valence-electron chi connectivity index (χ3n) is 4.13. The molecule has 0 aliphatic carbocycles. The maximum Gasteiger partial charge on any atom is 0.242 e. The smallest absolute Gasteiger partial charge is 0.242 e. The molecule has 0 radical (unpaired) electrons. The summed E-state index contributed by atoms with van der Waals surface area (Å²) >= 11 is 0. The number of sulfonamides is 1. The van der Waals surface area contributed by atoms with Gasteiger partial charge in [0.2, 0.25) is 21.8 Å². The molecule has 0 saturated carbocycles. The standard InChI is InChI=1S/C19H21N3O4S/c1-12-10-16(25-4)11-13(2)18(12)27(23,24)22-17(15-8-6-5-7-9-15)19-21-20-14(3)26-19/h5-11,17,22H,1-4H3. The van der Waals surface area contributed by atoms with Crippen LogP contribution in [0.25, 0.3) is 0 Å². The fourth-order valence-electron chi connectivity index (χ4n) is 3.00. The van der Waals surface area contributed by atoms with Gasteiger partial charge < -0.3 is 9.15 Å². The van der Waals surface area contributed by atoms with E-state index in [4.69, 9.17) is 9.15 Å². The third kappa shape index (κ3) is 4.01. The molecule has 7 nitrogen and oxygen atoms in total. The lowest BCUT2D eigenvalue weighted by Crippen LogP contribution is -2.30. The van der Waals surface area contributed by atoms with Gasteiger partial charge in [0.25, 0.3) is 0 Å². The molecule has 0 bridgehead atoms. The minimum atomic E-state index is -3.87. The van der Waals surface area contributed by atoms with Gasteiger partial charge in [-0.1, -0.05) is 30.3 Å². The highest BCUT2D eigenvalue weighted by atomic mass is 32.2. The molecular weight excluding hydrogens is 366 g/mol. The fraction of sp³-hybridized carbons (Fsp3) is 0.263. The largest absolute Gasteiger partial charge is 0.497 e. The van der Waals surface area contributed by atoms with Crippen LogP contribution in [-0.4, -0.2) is 25.7 Å². The van der Waals surface area contributed by atoms with Crippen LogP contribution in [0.3, 0.4) is 0 Å². The average molecular weight is 387 g/mol. The van der Waals surface area contributed by atoms with Crippen LogP contribution in [0, 0.1) is 20.8 Å². The number of methoxy groups -OCH3 is 1. The van der Waals surface area contributed by atoms with Crippen molar-refractivity contribution >= 4 is 10.0 Å². The molecule has 0 fully saturated rings. The van der Waals surface area contributed by atoms with Crippen LogP contribution in [0.2, 0.25) is 0 Å². The molecule has 8 heteroatoms. The highest BCUT2D eigenvalue weighted by Gasteiger charge is 2.29. The van der Waals surface area contributed by atoms with E-state index >= 15 is 0 Å². The predicted molar refractivity (Wildman–Crippen MR) is 100 cm³/mol. The van der Waals surface area contributed by atoms with Gasteiger partial charge in [-0.3, -0.25) is 0 Å². The Morgan fingerprint density at radius 3 is 2.19 bits per heavy atom. The zero-order chi connectivity index (χ0) is 19.6. The van der Waals surface area contributed by atoms with Gasteiger partial charge in [-0.15, -0.1) is 10.2 Å². The molecule has 1 heterocycles. The number of nitrogens with one attached hydrogen (secondary N) is 1. The van der Waals surface area contributed by atoms with Gasteiger partial charge in [-0.05, 0) is 42.7 Å². The van der Waals surface area contributed by atoms with Gasteiger partial charge in [0.15, 0.2) is 0 Å². The Labute approximate surface area is 158 Å². The lowest BCUT2D eigenvalue weighted by Gasteiger charge is -2.18. The minimum Gasteiger partial charge on any atom is -0.497 e. The molecule has 0 amide bonds. The maximum atomic E-state index is 13.2. The van der Waals surface area contributed by atoms with Gasteiger partial charge in [0, 0.05) is 6.92 Å². The van der Waals surface area contributed by atoms with E-state index in [0.29, 0.717) is 28.3 Å². The molecule has 27 heavy (non-hydrogen) atoms. The van der Waals surface area contributed by atoms with Crippen molar-refractivity contribution in [2.75, 3.05) is 7.11 Å². The molecule has 0 aliphatic rings. The second-order valence-corrected chi connectivity index (χ2v) is 7.87. The average Bonchev–Trinajstić information content (AvgIpc) is 3.05. The number of nitrogens with zero attached hydrogens (tertiary/aromatic N) is 2. The van der Waals surface area contributed by atoms with Gasteiger partial charge in [0.1, 0.15) is 11.8 Å². The first-order valence-electron chi connectivity index (χ1n) is 8.34. The van der Waals surface area contributed by atoms with Crippen LogP contribution in [-0.2, 0) is 10.0 Å². The summed E-state index contributed by atoms with van der Waals surface area (Å²) < 4.78 is 39.8. The molecule has 0 spiro atoms. The highest BCUT2D eigenvalue weighted by molar-refractivity contribution is 7.89. The van der Waals surface area contributed by atoms with E-state index in [2.05, 4.69) is 14.9 Å².